The first-order valence-electron chi connectivity index (χ1n) is 6.78. The van der Waals surface area contributed by atoms with Gasteiger partial charge < -0.3 is 10.1 Å². The predicted octanol–water partition coefficient (Wildman–Crippen LogP) is 3.40. The van der Waals surface area contributed by atoms with E-state index in [0.717, 1.165) is 10.4 Å². The Balaban J connectivity index is 1.97. The van der Waals surface area contributed by atoms with Gasteiger partial charge in [0.25, 0.3) is 5.91 Å². The first kappa shape index (κ1) is 16.2. The zero-order valence-corrected chi connectivity index (χ0v) is 13.2. The van der Waals surface area contributed by atoms with Crippen LogP contribution in [0.15, 0.2) is 40.9 Å². The highest BCUT2D eigenvalue weighted by molar-refractivity contribution is 7.12. The third kappa shape index (κ3) is 3.92. The average Bonchev–Trinajstić information content (AvgIpc) is 3.02. The van der Waals surface area contributed by atoms with Gasteiger partial charge in [-0.1, -0.05) is 17.3 Å². The van der Waals surface area contributed by atoms with Crippen molar-refractivity contribution >= 4 is 23.0 Å². The second-order valence-corrected chi connectivity index (χ2v) is 5.90. The van der Waals surface area contributed by atoms with Crippen LogP contribution in [0.1, 0.15) is 27.7 Å². The highest BCUT2D eigenvalue weighted by atomic mass is 32.1. The second kappa shape index (κ2) is 7.17. The summed E-state index contributed by atoms with van der Waals surface area (Å²) in [6.45, 7) is 2.22. The van der Waals surface area contributed by atoms with Gasteiger partial charge in [-0.25, -0.2) is 4.39 Å². The van der Waals surface area contributed by atoms with Crippen molar-refractivity contribution in [1.29, 1.82) is 0 Å². The number of amides is 1. The zero-order valence-electron chi connectivity index (χ0n) is 12.4. The Hall–Kier alpha value is -2.21. The van der Waals surface area contributed by atoms with E-state index < -0.39 is 0 Å². The van der Waals surface area contributed by atoms with Crippen LogP contribution in [0.5, 0.6) is 0 Å². The number of thiophene rings is 1. The first-order chi connectivity index (χ1) is 10.5. The molecule has 6 heteroatoms. The fourth-order valence-corrected chi connectivity index (χ4v) is 2.79. The molecule has 0 fully saturated rings. The highest BCUT2D eigenvalue weighted by Gasteiger charge is 2.14. The predicted molar refractivity (Wildman–Crippen MR) is 85.4 cm³/mol. The normalized spacial score (nSPS) is 11.5. The molecule has 0 atom stereocenters. The Kier molecular flexibility index (Phi) is 5.27. The number of oxime groups is 1. The number of hydrogen-bond acceptors (Lipinski definition) is 4. The summed E-state index contributed by atoms with van der Waals surface area (Å²) in [5, 5.41) is 13.6. The summed E-state index contributed by atoms with van der Waals surface area (Å²) in [5.74, 6) is -0.352. The number of carbonyl (C=O) groups is 1. The minimum atomic E-state index is -0.264. The van der Waals surface area contributed by atoms with Crippen molar-refractivity contribution in [3.05, 3.63) is 57.5 Å². The van der Waals surface area contributed by atoms with Gasteiger partial charge in [-0.3, -0.25) is 4.79 Å². The largest absolute Gasteiger partial charge is 0.411 e. The van der Waals surface area contributed by atoms with E-state index in [2.05, 4.69) is 5.16 Å². The average molecular weight is 320 g/mol. The van der Waals surface area contributed by atoms with Crippen molar-refractivity contribution in [2.45, 2.75) is 13.3 Å². The van der Waals surface area contributed by atoms with Crippen LogP contribution in [0.2, 0.25) is 0 Å². The van der Waals surface area contributed by atoms with E-state index in [1.807, 2.05) is 0 Å². The van der Waals surface area contributed by atoms with Gasteiger partial charge in [0.1, 0.15) is 5.82 Å². The van der Waals surface area contributed by atoms with Gasteiger partial charge >= 0.3 is 0 Å². The van der Waals surface area contributed by atoms with Gasteiger partial charge in [-0.2, -0.15) is 0 Å². The molecule has 0 aliphatic heterocycles. The Morgan fingerprint density at radius 1 is 1.36 bits per heavy atom. The molecule has 116 valence electrons. The van der Waals surface area contributed by atoms with Gasteiger partial charge in [-0.05, 0) is 37.1 Å². The summed E-state index contributed by atoms with van der Waals surface area (Å²) in [6.07, 6.45) is 0.663. The van der Waals surface area contributed by atoms with E-state index in [4.69, 9.17) is 5.21 Å². The van der Waals surface area contributed by atoms with Crippen LogP contribution in [0.25, 0.3) is 0 Å². The molecule has 0 aliphatic carbocycles. The number of carbonyl (C=O) groups excluding carboxylic acids is 1. The van der Waals surface area contributed by atoms with Gasteiger partial charge in [0, 0.05) is 19.0 Å². The molecular formula is C16H17FN2O2S. The maximum Gasteiger partial charge on any atom is 0.254 e. The molecule has 0 spiro atoms. The summed E-state index contributed by atoms with van der Waals surface area (Å²) >= 11 is 1.36. The third-order valence-electron chi connectivity index (χ3n) is 3.35. The molecule has 0 saturated carbocycles. The minimum absolute atomic E-state index is 0.0876. The molecule has 1 aromatic heterocycles. The Morgan fingerprint density at radius 2 is 2.05 bits per heavy atom. The Morgan fingerprint density at radius 3 is 2.68 bits per heavy atom. The number of nitrogens with zero attached hydrogens (tertiary/aromatic N) is 2. The monoisotopic (exact) mass is 320 g/mol. The van der Waals surface area contributed by atoms with Crippen LogP contribution < -0.4 is 0 Å². The summed E-state index contributed by atoms with van der Waals surface area (Å²) in [4.78, 5) is 14.7. The lowest BCUT2D eigenvalue weighted by molar-refractivity contribution is 0.0797. The Bertz CT molecular complexity index is 680. The molecule has 0 unspecified atom stereocenters. The van der Waals surface area contributed by atoms with Crippen LogP contribution in [-0.4, -0.2) is 35.3 Å². The molecule has 1 aromatic carbocycles. The van der Waals surface area contributed by atoms with Crippen molar-refractivity contribution in [2.24, 2.45) is 5.16 Å². The van der Waals surface area contributed by atoms with E-state index in [1.54, 1.807) is 42.5 Å². The topological polar surface area (TPSA) is 52.9 Å². The number of likely N-dealkylation sites (N-methyl/N-ethyl adjacent to an activating group) is 1. The summed E-state index contributed by atoms with van der Waals surface area (Å²) in [5.41, 5.74) is 2.04. The lowest BCUT2D eigenvalue weighted by Crippen LogP contribution is -2.28. The van der Waals surface area contributed by atoms with E-state index in [0.29, 0.717) is 24.2 Å². The van der Waals surface area contributed by atoms with Crippen LogP contribution in [0.3, 0.4) is 0 Å². The molecule has 0 bridgehead atoms. The van der Waals surface area contributed by atoms with Crippen LogP contribution in [-0.2, 0) is 6.42 Å². The van der Waals surface area contributed by atoms with Crippen molar-refractivity contribution in [3.63, 3.8) is 0 Å². The van der Waals surface area contributed by atoms with Crippen LogP contribution >= 0.6 is 11.3 Å². The molecule has 0 radical (unpaired) electrons. The summed E-state index contributed by atoms with van der Waals surface area (Å²) in [6, 6.07) is 7.99. The third-order valence-corrected chi connectivity index (χ3v) is 4.39. The van der Waals surface area contributed by atoms with Crippen LogP contribution in [0, 0.1) is 5.82 Å². The lowest BCUT2D eigenvalue weighted by atomic mass is 10.1. The van der Waals surface area contributed by atoms with Crippen molar-refractivity contribution < 1.29 is 14.4 Å². The molecule has 1 N–H and O–H groups in total. The van der Waals surface area contributed by atoms with Crippen molar-refractivity contribution in [3.8, 4) is 0 Å². The molecule has 0 aliphatic rings. The van der Waals surface area contributed by atoms with E-state index >= 15 is 0 Å². The minimum Gasteiger partial charge on any atom is -0.411 e. The van der Waals surface area contributed by atoms with Gasteiger partial charge in [0.2, 0.25) is 0 Å². The lowest BCUT2D eigenvalue weighted by Gasteiger charge is -2.16. The highest BCUT2D eigenvalue weighted by Crippen LogP contribution is 2.17. The van der Waals surface area contributed by atoms with Crippen molar-refractivity contribution in [2.75, 3.05) is 13.6 Å². The number of hydrogen-bond donors (Lipinski definition) is 1. The second-order valence-electron chi connectivity index (χ2n) is 4.99. The number of benzene rings is 1. The fraction of sp³-hybridized carbons (Fsp3) is 0.250. The number of rotatable bonds is 5. The molecule has 4 nitrogen and oxygen atoms in total. The summed E-state index contributed by atoms with van der Waals surface area (Å²) < 4.78 is 12.8. The first-order valence-corrected chi connectivity index (χ1v) is 7.66. The van der Waals surface area contributed by atoms with E-state index in [9.17, 15) is 9.18 Å². The van der Waals surface area contributed by atoms with Crippen molar-refractivity contribution in [1.82, 2.24) is 4.90 Å². The fourth-order valence-electron chi connectivity index (χ4n) is 1.96. The molecule has 0 saturated heterocycles. The van der Waals surface area contributed by atoms with Gasteiger partial charge in [0.15, 0.2) is 0 Å². The summed E-state index contributed by atoms with van der Waals surface area (Å²) in [7, 11) is 1.73. The molecule has 1 heterocycles. The zero-order chi connectivity index (χ0) is 16.1. The standard InChI is InChI=1S/C16H17FN2O2S/c1-11(18-21)15-9-13(10-22-15)16(20)19(2)8-7-12-3-5-14(17)6-4-12/h3-6,9-10,21H,7-8H2,1-2H3/b18-11+. The molecule has 22 heavy (non-hydrogen) atoms. The molecule has 2 aromatic rings. The van der Waals surface area contributed by atoms with E-state index in [1.165, 1.54) is 23.5 Å². The number of halogens is 1. The Labute approximate surface area is 132 Å². The molecule has 1 amide bonds. The molecule has 2 rings (SSSR count). The molecular weight excluding hydrogens is 303 g/mol. The van der Waals surface area contributed by atoms with Gasteiger partial charge in [0.05, 0.1) is 16.2 Å². The van der Waals surface area contributed by atoms with E-state index in [-0.39, 0.29) is 11.7 Å². The van der Waals surface area contributed by atoms with Crippen LogP contribution in [0.4, 0.5) is 4.39 Å². The maximum atomic E-state index is 12.8. The SMILES string of the molecule is C/C(=N\O)c1cc(C(=O)N(C)CCc2ccc(F)cc2)cs1. The van der Waals surface area contributed by atoms with Gasteiger partial charge in [-0.15, -0.1) is 11.3 Å². The maximum absolute atomic E-state index is 12.8. The quantitative estimate of drug-likeness (QED) is 0.521. The smallest absolute Gasteiger partial charge is 0.254 e.